The molecular formula is C22H24F2N2OS. The summed E-state index contributed by atoms with van der Waals surface area (Å²) in [6, 6.07) is 18.5. The number of benzene rings is 2. The first-order valence-corrected chi connectivity index (χ1v) is 8.83. The van der Waals surface area contributed by atoms with Crippen LogP contribution < -0.4 is 5.32 Å². The van der Waals surface area contributed by atoms with Crippen molar-refractivity contribution in [2.24, 2.45) is 0 Å². The number of para-hydroxylation sites is 1. The summed E-state index contributed by atoms with van der Waals surface area (Å²) in [5.41, 5.74) is 0.928. The predicted molar refractivity (Wildman–Crippen MR) is 113 cm³/mol. The number of carbonyl (C=O) groups is 1. The molecule has 0 aliphatic carbocycles. The predicted octanol–water partition coefficient (Wildman–Crippen LogP) is 5.12. The van der Waals surface area contributed by atoms with E-state index in [-0.39, 0.29) is 13.5 Å². The number of halogens is 2. The van der Waals surface area contributed by atoms with Gasteiger partial charge in [0.15, 0.2) is 0 Å². The molecule has 3 nitrogen and oxygen atoms in total. The maximum atomic E-state index is 13.8. The van der Waals surface area contributed by atoms with Crippen molar-refractivity contribution < 1.29 is 13.6 Å². The van der Waals surface area contributed by atoms with Crippen LogP contribution in [0.1, 0.15) is 36.2 Å². The SMILES string of the molecule is CC(F)(F)C[C@](C)(Cc1ccccc1)NC(=O)c1cnc2ccccc2c1.S. The summed E-state index contributed by atoms with van der Waals surface area (Å²) < 4.78 is 27.6. The van der Waals surface area contributed by atoms with Gasteiger partial charge in [-0.3, -0.25) is 9.78 Å². The second-order valence-corrected chi connectivity index (χ2v) is 7.34. The number of fused-ring (bicyclic) bond motifs is 1. The third-order valence-corrected chi connectivity index (χ3v) is 4.41. The molecule has 1 atom stereocenters. The zero-order valence-electron chi connectivity index (χ0n) is 15.9. The van der Waals surface area contributed by atoms with Crippen LogP contribution in [0.15, 0.2) is 66.9 Å². The van der Waals surface area contributed by atoms with E-state index in [1.165, 1.54) is 6.20 Å². The monoisotopic (exact) mass is 402 g/mol. The Morgan fingerprint density at radius 3 is 2.36 bits per heavy atom. The van der Waals surface area contributed by atoms with Crippen LogP contribution in [0.4, 0.5) is 8.78 Å². The minimum Gasteiger partial charge on any atom is -0.346 e. The molecule has 0 aliphatic rings. The van der Waals surface area contributed by atoms with Crippen LogP contribution in [-0.2, 0) is 6.42 Å². The largest absolute Gasteiger partial charge is 0.346 e. The van der Waals surface area contributed by atoms with Crippen molar-refractivity contribution in [1.29, 1.82) is 0 Å². The average Bonchev–Trinajstić information content (AvgIpc) is 2.60. The van der Waals surface area contributed by atoms with Crippen LogP contribution in [0, 0.1) is 0 Å². The number of hydrogen-bond donors (Lipinski definition) is 1. The van der Waals surface area contributed by atoms with E-state index in [1.54, 1.807) is 13.0 Å². The zero-order chi connectivity index (χ0) is 19.5. The third-order valence-electron chi connectivity index (χ3n) is 4.41. The minimum atomic E-state index is -2.90. The average molecular weight is 403 g/mol. The van der Waals surface area contributed by atoms with Gasteiger partial charge < -0.3 is 5.32 Å². The molecule has 0 unspecified atom stereocenters. The number of amides is 1. The van der Waals surface area contributed by atoms with Gasteiger partial charge in [-0.05, 0) is 38.0 Å². The molecule has 0 radical (unpaired) electrons. The van der Waals surface area contributed by atoms with Crippen molar-refractivity contribution in [1.82, 2.24) is 10.3 Å². The Morgan fingerprint density at radius 1 is 1.04 bits per heavy atom. The van der Waals surface area contributed by atoms with E-state index in [9.17, 15) is 13.6 Å². The van der Waals surface area contributed by atoms with Gasteiger partial charge in [-0.15, -0.1) is 0 Å². The second kappa shape index (κ2) is 8.69. The van der Waals surface area contributed by atoms with E-state index < -0.39 is 23.8 Å². The van der Waals surface area contributed by atoms with Gasteiger partial charge in [-0.1, -0.05) is 48.5 Å². The summed E-state index contributed by atoms with van der Waals surface area (Å²) in [7, 11) is 0. The van der Waals surface area contributed by atoms with E-state index in [0.29, 0.717) is 12.0 Å². The number of pyridine rings is 1. The van der Waals surface area contributed by atoms with Gasteiger partial charge in [0.1, 0.15) is 0 Å². The Kier molecular flexibility index (Phi) is 6.77. The van der Waals surface area contributed by atoms with E-state index in [4.69, 9.17) is 0 Å². The molecule has 28 heavy (non-hydrogen) atoms. The van der Waals surface area contributed by atoms with Crippen molar-refractivity contribution in [3.8, 4) is 0 Å². The summed E-state index contributed by atoms with van der Waals surface area (Å²) >= 11 is 0. The topological polar surface area (TPSA) is 42.0 Å². The summed E-state index contributed by atoms with van der Waals surface area (Å²) in [4.78, 5) is 17.1. The van der Waals surface area contributed by atoms with E-state index in [1.807, 2.05) is 54.6 Å². The standard InChI is InChI=1S/C22H22F2N2O.H2S/c1-21(15-22(2,23)24,13-16-8-4-3-5-9-16)26-20(27)18-12-17-10-6-7-11-19(17)25-14-18;/h3-12,14H,13,15H2,1-2H3,(H,26,27);1H2/t21-;/m0./s1. The van der Waals surface area contributed by atoms with Crippen LogP contribution in [0.3, 0.4) is 0 Å². The summed E-state index contributed by atoms with van der Waals surface area (Å²) in [5.74, 6) is -3.31. The fourth-order valence-electron chi connectivity index (χ4n) is 3.42. The van der Waals surface area contributed by atoms with Crippen LogP contribution in [-0.4, -0.2) is 22.4 Å². The lowest BCUT2D eigenvalue weighted by molar-refractivity contribution is -0.0121. The first-order chi connectivity index (χ1) is 12.7. The van der Waals surface area contributed by atoms with Gasteiger partial charge >= 0.3 is 0 Å². The molecule has 6 heteroatoms. The molecule has 1 heterocycles. The molecule has 2 aromatic carbocycles. The van der Waals surface area contributed by atoms with Crippen molar-refractivity contribution in [2.75, 3.05) is 0 Å². The van der Waals surface area contributed by atoms with Crippen molar-refractivity contribution in [2.45, 2.75) is 38.2 Å². The van der Waals surface area contributed by atoms with Crippen LogP contribution in [0.25, 0.3) is 10.9 Å². The molecular weight excluding hydrogens is 378 g/mol. The molecule has 0 saturated heterocycles. The Hall–Kier alpha value is -2.47. The minimum absolute atomic E-state index is 0. The summed E-state index contributed by atoms with van der Waals surface area (Å²) in [6.45, 7) is 2.53. The maximum Gasteiger partial charge on any atom is 0.253 e. The molecule has 1 N–H and O–H groups in total. The highest BCUT2D eigenvalue weighted by atomic mass is 32.1. The highest BCUT2D eigenvalue weighted by Crippen LogP contribution is 2.29. The number of nitrogens with zero attached hydrogens (tertiary/aromatic N) is 1. The van der Waals surface area contributed by atoms with Gasteiger partial charge in [-0.2, -0.15) is 13.5 Å². The molecule has 1 amide bonds. The second-order valence-electron chi connectivity index (χ2n) is 7.34. The normalized spacial score (nSPS) is 13.4. The lowest BCUT2D eigenvalue weighted by Gasteiger charge is -2.33. The molecule has 0 aliphatic heterocycles. The third kappa shape index (κ3) is 5.76. The Labute approximate surface area is 170 Å². The Balaban J connectivity index is 0.00000280. The van der Waals surface area contributed by atoms with Gasteiger partial charge in [-0.25, -0.2) is 8.78 Å². The van der Waals surface area contributed by atoms with Gasteiger partial charge in [0.05, 0.1) is 11.1 Å². The molecule has 0 spiro atoms. The highest BCUT2D eigenvalue weighted by Gasteiger charge is 2.37. The molecule has 0 saturated carbocycles. The highest BCUT2D eigenvalue weighted by molar-refractivity contribution is 7.59. The first-order valence-electron chi connectivity index (χ1n) is 8.83. The number of carbonyl (C=O) groups excluding carboxylic acids is 1. The molecule has 148 valence electrons. The summed E-state index contributed by atoms with van der Waals surface area (Å²) in [6.07, 6.45) is 1.33. The Morgan fingerprint density at radius 2 is 1.68 bits per heavy atom. The lowest BCUT2D eigenvalue weighted by atomic mass is 9.86. The number of nitrogens with one attached hydrogen (secondary N) is 1. The van der Waals surface area contributed by atoms with Crippen molar-refractivity contribution in [3.63, 3.8) is 0 Å². The van der Waals surface area contributed by atoms with Gasteiger partial charge in [0.25, 0.3) is 5.91 Å². The smallest absolute Gasteiger partial charge is 0.253 e. The number of hydrogen-bond acceptors (Lipinski definition) is 2. The van der Waals surface area contributed by atoms with Crippen molar-refractivity contribution in [3.05, 3.63) is 78.0 Å². The van der Waals surface area contributed by atoms with E-state index in [0.717, 1.165) is 23.4 Å². The number of alkyl halides is 2. The van der Waals surface area contributed by atoms with Crippen molar-refractivity contribution >= 4 is 30.3 Å². The van der Waals surface area contributed by atoms with Crippen LogP contribution in [0.2, 0.25) is 0 Å². The van der Waals surface area contributed by atoms with Crippen LogP contribution in [0.5, 0.6) is 0 Å². The molecule has 3 rings (SSSR count). The molecule has 0 bridgehead atoms. The Bertz CT molecular complexity index is 944. The quantitative estimate of drug-likeness (QED) is 0.621. The fraction of sp³-hybridized carbons (Fsp3) is 0.273. The fourth-order valence-corrected chi connectivity index (χ4v) is 3.42. The molecule has 3 aromatic rings. The first kappa shape index (κ1) is 21.8. The molecule has 1 aromatic heterocycles. The van der Waals surface area contributed by atoms with E-state index in [2.05, 4.69) is 10.3 Å². The summed E-state index contributed by atoms with van der Waals surface area (Å²) in [5, 5.41) is 3.65. The molecule has 0 fully saturated rings. The zero-order valence-corrected chi connectivity index (χ0v) is 16.9. The van der Waals surface area contributed by atoms with E-state index >= 15 is 0 Å². The maximum absolute atomic E-state index is 13.8. The van der Waals surface area contributed by atoms with Gasteiger partial charge in [0.2, 0.25) is 5.92 Å². The van der Waals surface area contributed by atoms with Gasteiger partial charge in [0, 0.05) is 23.5 Å². The lowest BCUT2D eigenvalue weighted by Crippen LogP contribution is -2.50. The number of rotatable bonds is 6. The number of aromatic nitrogens is 1. The van der Waals surface area contributed by atoms with Crippen LogP contribution >= 0.6 is 13.5 Å².